The van der Waals surface area contributed by atoms with Crippen LogP contribution in [0.15, 0.2) is 29.6 Å². The third-order valence-electron chi connectivity index (χ3n) is 5.12. The van der Waals surface area contributed by atoms with Crippen LogP contribution in [0.3, 0.4) is 0 Å². The van der Waals surface area contributed by atoms with Crippen molar-refractivity contribution in [2.24, 2.45) is 0 Å². The van der Waals surface area contributed by atoms with E-state index in [0.29, 0.717) is 31.0 Å². The molecule has 0 aromatic carbocycles. The van der Waals surface area contributed by atoms with E-state index >= 15 is 0 Å². The first kappa shape index (κ1) is 22.3. The van der Waals surface area contributed by atoms with Gasteiger partial charge in [0.05, 0.1) is 18.8 Å². The zero-order valence-electron chi connectivity index (χ0n) is 17.6. The van der Waals surface area contributed by atoms with Crippen LogP contribution in [0, 0.1) is 0 Å². The molecule has 1 N–H and O–H groups in total. The van der Waals surface area contributed by atoms with Crippen molar-refractivity contribution < 1.29 is 14.3 Å². The number of hydrogen-bond donors (Lipinski definition) is 1. The summed E-state index contributed by atoms with van der Waals surface area (Å²) >= 11 is 0. The number of nitrogens with one attached hydrogen (secondary N) is 1. The molecule has 1 aliphatic heterocycles. The third kappa shape index (κ3) is 7.91. The molecule has 0 unspecified atom stereocenters. The lowest BCUT2D eigenvalue weighted by molar-refractivity contribution is -0.135. The summed E-state index contributed by atoms with van der Waals surface area (Å²) in [5.74, 6) is 1.14. The van der Waals surface area contributed by atoms with Crippen molar-refractivity contribution >= 4 is 11.8 Å². The van der Waals surface area contributed by atoms with Gasteiger partial charge in [-0.15, -0.1) is 0 Å². The highest BCUT2D eigenvalue weighted by Crippen LogP contribution is 2.25. The molecule has 0 aliphatic carbocycles. The molecular weight excluding hydrogens is 352 g/mol. The number of rotatable bonds is 14. The Hall–Kier alpha value is -2.04. The molecule has 5 nitrogen and oxygen atoms in total. The van der Waals surface area contributed by atoms with E-state index in [0.717, 1.165) is 17.9 Å². The Morgan fingerprint density at radius 2 is 1.79 bits per heavy atom. The molecule has 156 valence electrons. The van der Waals surface area contributed by atoms with Gasteiger partial charge in [0, 0.05) is 18.3 Å². The Bertz CT molecular complexity index is 628. The molecule has 2 rings (SSSR count). The van der Waals surface area contributed by atoms with E-state index in [-0.39, 0.29) is 5.97 Å². The van der Waals surface area contributed by atoms with Gasteiger partial charge in [0.15, 0.2) is 11.6 Å². The number of ether oxygens (including phenoxy) is 2. The molecule has 0 bridgehead atoms. The molecule has 1 fully saturated rings. The first-order chi connectivity index (χ1) is 13.7. The highest BCUT2D eigenvalue weighted by Gasteiger charge is 2.22. The fourth-order valence-electron chi connectivity index (χ4n) is 3.40. The summed E-state index contributed by atoms with van der Waals surface area (Å²) in [6.07, 6.45) is 15.4. The Kier molecular flexibility index (Phi) is 10.5. The zero-order valence-corrected chi connectivity index (χ0v) is 17.6. The van der Waals surface area contributed by atoms with Gasteiger partial charge in [-0.1, -0.05) is 64.7 Å². The number of unbranched alkanes of at least 4 members (excludes halogenated alkanes) is 9. The predicted octanol–water partition coefficient (Wildman–Crippen LogP) is 6.01. The summed E-state index contributed by atoms with van der Waals surface area (Å²) in [6.45, 7) is 5.28. The summed E-state index contributed by atoms with van der Waals surface area (Å²) in [7, 11) is 0. The Morgan fingerprint density at radius 3 is 2.43 bits per heavy atom. The van der Waals surface area contributed by atoms with E-state index in [4.69, 9.17) is 9.47 Å². The monoisotopic (exact) mass is 388 g/mol. The molecule has 0 saturated carbocycles. The number of hydrogen-bond acceptors (Lipinski definition) is 5. The molecule has 1 aliphatic rings. The summed E-state index contributed by atoms with van der Waals surface area (Å²) in [4.78, 5) is 16.1. The lowest BCUT2D eigenvalue weighted by Gasteiger charge is -2.13. The van der Waals surface area contributed by atoms with E-state index in [2.05, 4.69) is 17.2 Å². The molecule has 1 aromatic heterocycles. The van der Waals surface area contributed by atoms with Gasteiger partial charge in [-0.05, 0) is 25.5 Å². The molecule has 5 heteroatoms. The van der Waals surface area contributed by atoms with Gasteiger partial charge in [0.25, 0.3) is 0 Å². The van der Waals surface area contributed by atoms with Crippen LogP contribution in [0.1, 0.15) is 84.5 Å². The third-order valence-corrected chi connectivity index (χ3v) is 5.12. The number of nitrogens with zero attached hydrogens (tertiary/aromatic N) is 1. The number of cyclic esters (lactones) is 1. The van der Waals surface area contributed by atoms with Crippen molar-refractivity contribution in [3.8, 4) is 5.75 Å². The van der Waals surface area contributed by atoms with Crippen molar-refractivity contribution in [2.75, 3.05) is 18.5 Å². The van der Waals surface area contributed by atoms with E-state index in [9.17, 15) is 4.79 Å². The Balaban J connectivity index is 1.65. The van der Waals surface area contributed by atoms with E-state index in [1.54, 1.807) is 6.20 Å². The number of carbonyl (C=O) groups is 1. The Labute approximate surface area is 169 Å². The first-order valence-corrected chi connectivity index (χ1v) is 10.9. The number of carbonyl (C=O) groups excluding carboxylic acids is 1. The van der Waals surface area contributed by atoms with Gasteiger partial charge < -0.3 is 14.8 Å². The van der Waals surface area contributed by atoms with Crippen LogP contribution in [-0.4, -0.2) is 24.2 Å². The van der Waals surface area contributed by atoms with Crippen LogP contribution >= 0.6 is 0 Å². The van der Waals surface area contributed by atoms with Crippen molar-refractivity contribution in [2.45, 2.75) is 84.5 Å². The quantitative estimate of drug-likeness (QED) is 0.240. The second-order valence-corrected chi connectivity index (χ2v) is 7.50. The maximum Gasteiger partial charge on any atom is 0.335 e. The van der Waals surface area contributed by atoms with Crippen LogP contribution in [0.25, 0.3) is 0 Å². The topological polar surface area (TPSA) is 60.4 Å². The van der Waals surface area contributed by atoms with Gasteiger partial charge in [-0.2, -0.15) is 0 Å². The Morgan fingerprint density at radius 1 is 1.11 bits per heavy atom. The summed E-state index contributed by atoms with van der Waals surface area (Å²) in [6, 6.07) is 3.78. The lowest BCUT2D eigenvalue weighted by Crippen LogP contribution is -2.08. The van der Waals surface area contributed by atoms with Crippen molar-refractivity contribution in [3.05, 3.63) is 29.6 Å². The fourth-order valence-corrected chi connectivity index (χ4v) is 3.40. The number of esters is 1. The zero-order chi connectivity index (χ0) is 20.0. The lowest BCUT2D eigenvalue weighted by atomic mass is 10.1. The maximum absolute atomic E-state index is 11.7. The number of aromatic nitrogens is 1. The van der Waals surface area contributed by atoms with Gasteiger partial charge in [-0.25, -0.2) is 9.78 Å². The summed E-state index contributed by atoms with van der Waals surface area (Å²) < 4.78 is 10.9. The van der Waals surface area contributed by atoms with Crippen molar-refractivity contribution in [1.29, 1.82) is 0 Å². The average Bonchev–Trinajstić information content (AvgIpc) is 3.13. The number of pyridine rings is 1. The van der Waals surface area contributed by atoms with E-state index in [1.165, 1.54) is 57.8 Å². The minimum Gasteiger partial charge on any atom is -0.490 e. The minimum absolute atomic E-state index is 0.242. The van der Waals surface area contributed by atoms with Gasteiger partial charge in [0.1, 0.15) is 0 Å². The van der Waals surface area contributed by atoms with Gasteiger partial charge in [-0.3, -0.25) is 0 Å². The molecule has 2 heterocycles. The van der Waals surface area contributed by atoms with E-state index in [1.807, 2.05) is 19.1 Å². The molecule has 1 aromatic rings. The van der Waals surface area contributed by atoms with Crippen LogP contribution in [0.2, 0.25) is 0 Å². The van der Waals surface area contributed by atoms with Gasteiger partial charge in [0.2, 0.25) is 0 Å². The van der Waals surface area contributed by atoms with Gasteiger partial charge >= 0.3 is 5.97 Å². The van der Waals surface area contributed by atoms with Crippen LogP contribution in [0.5, 0.6) is 5.75 Å². The van der Waals surface area contributed by atoms with E-state index < -0.39 is 0 Å². The average molecular weight is 389 g/mol. The summed E-state index contributed by atoms with van der Waals surface area (Å²) in [5.41, 5.74) is 1.47. The molecule has 0 spiro atoms. The first-order valence-electron chi connectivity index (χ1n) is 10.9. The maximum atomic E-state index is 11.7. The summed E-state index contributed by atoms with van der Waals surface area (Å²) in [5, 5.41) is 3.22. The SMILES string of the molecule is CCCCCCCCCCCCOc1cccnc1NC(C)=C1CCOC1=O. The normalized spacial score (nSPS) is 15.4. The molecule has 0 atom stereocenters. The predicted molar refractivity (Wildman–Crippen MR) is 113 cm³/mol. The molecular formula is C23H36N2O3. The second kappa shape index (κ2) is 13.2. The molecule has 0 amide bonds. The highest BCUT2D eigenvalue weighted by atomic mass is 16.5. The fraction of sp³-hybridized carbons (Fsp3) is 0.652. The molecule has 0 radical (unpaired) electrons. The largest absolute Gasteiger partial charge is 0.490 e. The molecule has 28 heavy (non-hydrogen) atoms. The standard InChI is InChI=1S/C23H36N2O3/c1-3-4-5-6-7-8-9-10-11-12-17-27-21-14-13-16-24-22(21)25-19(2)20-15-18-28-23(20)26/h13-14,16H,3-12,15,17-18H2,1-2H3,(H,24,25). The van der Waals surface area contributed by atoms with Crippen LogP contribution in [0.4, 0.5) is 5.82 Å². The second-order valence-electron chi connectivity index (χ2n) is 7.50. The number of allylic oxidation sites excluding steroid dienone is 1. The number of anilines is 1. The van der Waals surface area contributed by atoms with Crippen molar-refractivity contribution in [1.82, 2.24) is 4.98 Å². The minimum atomic E-state index is -0.242. The van der Waals surface area contributed by atoms with Crippen LogP contribution < -0.4 is 10.1 Å². The molecule has 1 saturated heterocycles. The highest BCUT2D eigenvalue weighted by molar-refractivity contribution is 5.91. The van der Waals surface area contributed by atoms with Crippen LogP contribution in [-0.2, 0) is 9.53 Å². The smallest absolute Gasteiger partial charge is 0.335 e. The van der Waals surface area contributed by atoms with Crippen molar-refractivity contribution in [3.63, 3.8) is 0 Å².